The van der Waals surface area contributed by atoms with Crippen molar-refractivity contribution in [2.45, 2.75) is 64.3 Å². The van der Waals surface area contributed by atoms with Gasteiger partial charge in [-0.3, -0.25) is 4.58 Å². The van der Waals surface area contributed by atoms with E-state index in [2.05, 4.69) is 26.6 Å². The summed E-state index contributed by atoms with van der Waals surface area (Å²) in [4.78, 5) is 5.60. The van der Waals surface area contributed by atoms with Gasteiger partial charge in [0.1, 0.15) is 0 Å². The second-order valence-electron chi connectivity index (χ2n) is 5.29. The molecule has 1 fully saturated rings. The van der Waals surface area contributed by atoms with Crippen LogP contribution in [0, 0.1) is 0 Å². The quantitative estimate of drug-likeness (QED) is 0.397. The van der Waals surface area contributed by atoms with Gasteiger partial charge in [-0.05, 0) is 39.4 Å². The van der Waals surface area contributed by atoms with Crippen LogP contribution in [0.2, 0.25) is 19.6 Å². The molecule has 0 radical (unpaired) electrons. The zero-order chi connectivity index (χ0) is 9.95. The van der Waals surface area contributed by atoms with E-state index in [0.29, 0.717) is 0 Å². The van der Waals surface area contributed by atoms with Gasteiger partial charge in [-0.25, -0.2) is 4.89 Å². The molecule has 3 heteroatoms. The van der Waals surface area contributed by atoms with Gasteiger partial charge in [0, 0.05) is 0 Å². The molecule has 0 heterocycles. The van der Waals surface area contributed by atoms with Crippen molar-refractivity contribution in [2.24, 2.45) is 0 Å². The van der Waals surface area contributed by atoms with E-state index < -0.39 is 8.32 Å². The molecule has 1 aliphatic rings. The Hall–Kier alpha value is 0.137. The third-order valence-corrected chi connectivity index (χ3v) is 2.99. The van der Waals surface area contributed by atoms with Crippen LogP contribution in [0.4, 0.5) is 0 Å². The lowest BCUT2D eigenvalue weighted by atomic mass is 9.87. The summed E-state index contributed by atoms with van der Waals surface area (Å²) >= 11 is 0. The van der Waals surface area contributed by atoms with Crippen LogP contribution in [-0.2, 0) is 9.46 Å². The van der Waals surface area contributed by atoms with Gasteiger partial charge in [0.25, 0.3) is 0 Å². The average molecular weight is 203 g/mol. The molecular formula is C10H22O2Si. The molecule has 1 rings (SSSR count). The molecule has 0 aliphatic heterocycles. The molecule has 0 atom stereocenters. The smallest absolute Gasteiger partial charge is 0.230 e. The monoisotopic (exact) mass is 203 g/mol. The van der Waals surface area contributed by atoms with Gasteiger partial charge in [0.2, 0.25) is 8.32 Å². The van der Waals surface area contributed by atoms with Gasteiger partial charge in [0.15, 0.2) is 0 Å². The molecule has 0 unspecified atom stereocenters. The lowest BCUT2D eigenvalue weighted by Crippen LogP contribution is -2.37. The summed E-state index contributed by atoms with van der Waals surface area (Å²) in [6, 6.07) is 0. The zero-order valence-electron chi connectivity index (χ0n) is 9.35. The third kappa shape index (κ3) is 4.25. The van der Waals surface area contributed by atoms with E-state index in [1.54, 1.807) is 0 Å². The van der Waals surface area contributed by atoms with Crippen molar-refractivity contribution < 1.29 is 9.46 Å². The Morgan fingerprint density at radius 2 is 1.62 bits per heavy atom. The van der Waals surface area contributed by atoms with Gasteiger partial charge in [-0.15, -0.1) is 0 Å². The van der Waals surface area contributed by atoms with Gasteiger partial charge in [0.05, 0.1) is 5.60 Å². The van der Waals surface area contributed by atoms with Crippen LogP contribution in [0.15, 0.2) is 0 Å². The van der Waals surface area contributed by atoms with Gasteiger partial charge >= 0.3 is 0 Å². The first kappa shape index (κ1) is 11.2. The topological polar surface area (TPSA) is 18.5 Å². The zero-order valence-corrected chi connectivity index (χ0v) is 10.4. The second-order valence-corrected chi connectivity index (χ2v) is 9.68. The van der Waals surface area contributed by atoms with Crippen LogP contribution < -0.4 is 0 Å². The minimum absolute atomic E-state index is 0.00146. The lowest BCUT2D eigenvalue weighted by molar-refractivity contribution is -0.303. The molecule has 0 aromatic heterocycles. The molecule has 0 saturated heterocycles. The highest BCUT2D eigenvalue weighted by Crippen LogP contribution is 2.31. The fourth-order valence-corrected chi connectivity index (χ4v) is 2.06. The first-order chi connectivity index (χ1) is 5.91. The molecule has 0 spiro atoms. The molecule has 78 valence electrons. The summed E-state index contributed by atoms with van der Waals surface area (Å²) in [6.45, 7) is 8.63. The summed E-state index contributed by atoms with van der Waals surface area (Å²) in [5.74, 6) is 0. The van der Waals surface area contributed by atoms with Crippen molar-refractivity contribution in [3.05, 3.63) is 0 Å². The minimum Gasteiger partial charge on any atom is -0.287 e. The van der Waals surface area contributed by atoms with E-state index in [1.165, 1.54) is 19.3 Å². The van der Waals surface area contributed by atoms with E-state index in [1.807, 2.05) is 0 Å². The Balaban J connectivity index is 2.33. The van der Waals surface area contributed by atoms with Crippen LogP contribution in [-0.4, -0.2) is 13.9 Å². The van der Waals surface area contributed by atoms with Crippen molar-refractivity contribution in [3.63, 3.8) is 0 Å². The maximum Gasteiger partial charge on any atom is 0.230 e. The normalized spacial score (nSPS) is 23.1. The Labute approximate surface area is 82.7 Å². The SMILES string of the molecule is CC1(O[17O][Si](C)(C)C)CCCCC1. The Kier molecular flexibility index (Phi) is 3.55. The summed E-state index contributed by atoms with van der Waals surface area (Å²) in [5.41, 5.74) is -0.00146. The van der Waals surface area contributed by atoms with Crippen molar-refractivity contribution in [2.75, 3.05) is 0 Å². The fourth-order valence-electron chi connectivity index (χ4n) is 1.61. The van der Waals surface area contributed by atoms with Crippen molar-refractivity contribution in [3.8, 4) is 0 Å². The predicted octanol–water partition coefficient (Wildman–Crippen LogP) is 3.49. The van der Waals surface area contributed by atoms with E-state index in [4.69, 9.17) is 9.46 Å². The minimum atomic E-state index is -1.51. The maximum atomic E-state index is 5.60. The lowest BCUT2D eigenvalue weighted by Gasteiger charge is -2.34. The van der Waals surface area contributed by atoms with Crippen LogP contribution in [0.3, 0.4) is 0 Å². The first-order valence-corrected chi connectivity index (χ1v) is 8.69. The highest BCUT2D eigenvalue weighted by Gasteiger charge is 2.31. The Morgan fingerprint density at radius 3 is 2.08 bits per heavy atom. The third-order valence-electron chi connectivity index (χ3n) is 2.40. The molecule has 2 nitrogen and oxygen atoms in total. The van der Waals surface area contributed by atoms with Crippen LogP contribution in [0.1, 0.15) is 39.0 Å². The summed E-state index contributed by atoms with van der Waals surface area (Å²) in [6.07, 6.45) is 6.22. The van der Waals surface area contributed by atoms with Crippen molar-refractivity contribution in [1.82, 2.24) is 0 Å². The maximum absolute atomic E-state index is 5.60. The highest BCUT2D eigenvalue weighted by atomic mass is 28.4. The van der Waals surface area contributed by atoms with E-state index in [-0.39, 0.29) is 5.60 Å². The van der Waals surface area contributed by atoms with Gasteiger partial charge in [-0.1, -0.05) is 19.3 Å². The van der Waals surface area contributed by atoms with Crippen LogP contribution in [0.5, 0.6) is 0 Å². The van der Waals surface area contributed by atoms with Crippen LogP contribution >= 0.6 is 0 Å². The highest BCUT2D eigenvalue weighted by molar-refractivity contribution is 6.69. The number of hydrogen-bond acceptors (Lipinski definition) is 2. The Morgan fingerprint density at radius 1 is 1.08 bits per heavy atom. The average Bonchev–Trinajstić information content (AvgIpc) is 2.02. The summed E-state index contributed by atoms with van der Waals surface area (Å²) < 4.78 is 5.51. The number of rotatable bonds is 3. The first-order valence-electron chi connectivity index (χ1n) is 5.28. The van der Waals surface area contributed by atoms with E-state index >= 15 is 0 Å². The van der Waals surface area contributed by atoms with Gasteiger partial charge < -0.3 is 0 Å². The molecule has 0 aromatic rings. The van der Waals surface area contributed by atoms with Gasteiger partial charge in [-0.2, -0.15) is 0 Å². The molecular weight excluding hydrogens is 181 g/mol. The standard InChI is InChI=1S/C10H22O2Si/c1-10(8-6-5-7-9-10)11-12-13(2,3)4/h5-9H2,1-4H3/i12+1. The molecule has 0 amide bonds. The Bertz CT molecular complexity index is 157. The van der Waals surface area contributed by atoms with E-state index in [0.717, 1.165) is 12.8 Å². The number of hydrogen-bond donors (Lipinski definition) is 0. The van der Waals surface area contributed by atoms with Crippen LogP contribution in [0.25, 0.3) is 0 Å². The van der Waals surface area contributed by atoms with Crippen molar-refractivity contribution >= 4 is 8.32 Å². The predicted molar refractivity (Wildman–Crippen MR) is 57.0 cm³/mol. The van der Waals surface area contributed by atoms with Crippen molar-refractivity contribution in [1.29, 1.82) is 0 Å². The summed E-state index contributed by atoms with van der Waals surface area (Å²) in [7, 11) is -1.51. The molecule has 1 saturated carbocycles. The second kappa shape index (κ2) is 4.11. The fraction of sp³-hybridized carbons (Fsp3) is 1.00. The molecule has 13 heavy (non-hydrogen) atoms. The summed E-state index contributed by atoms with van der Waals surface area (Å²) in [5, 5.41) is 0. The molecule has 1 aliphatic carbocycles. The molecule has 0 aromatic carbocycles. The molecule has 0 bridgehead atoms. The van der Waals surface area contributed by atoms with E-state index in [9.17, 15) is 0 Å². The largest absolute Gasteiger partial charge is 0.287 e. The molecule has 0 N–H and O–H groups in total.